The number of pyridine rings is 1. The molecule has 1 aromatic carbocycles. The number of fused-ring (bicyclic) bond motifs is 3. The average molecular weight is 501 g/mol. The Balaban J connectivity index is 0.000000229. The van der Waals surface area contributed by atoms with Gasteiger partial charge in [-0.1, -0.05) is 29.3 Å². The summed E-state index contributed by atoms with van der Waals surface area (Å²) in [5.74, 6) is -0.923. The second kappa shape index (κ2) is 9.81. The first kappa shape index (κ1) is 23.9. The van der Waals surface area contributed by atoms with E-state index in [1.54, 1.807) is 23.9 Å². The zero-order chi connectivity index (χ0) is 22.8. The van der Waals surface area contributed by atoms with E-state index in [0.29, 0.717) is 21.1 Å². The van der Waals surface area contributed by atoms with Crippen molar-refractivity contribution in [2.24, 2.45) is 0 Å². The van der Waals surface area contributed by atoms with Crippen molar-refractivity contribution in [1.82, 2.24) is 9.55 Å². The summed E-state index contributed by atoms with van der Waals surface area (Å²) in [6.45, 7) is 0.745. The van der Waals surface area contributed by atoms with Crippen LogP contribution < -0.4 is 0 Å². The minimum absolute atomic E-state index is 0.0600. The Labute approximate surface area is 195 Å². The van der Waals surface area contributed by atoms with Crippen molar-refractivity contribution < 1.29 is 18.3 Å². The molecule has 0 fully saturated rings. The maximum absolute atomic E-state index is 11.9. The smallest absolute Gasteiger partial charge is 0.304 e. The number of benzene rings is 1. The van der Waals surface area contributed by atoms with Crippen LogP contribution in [-0.2, 0) is 21.2 Å². The third-order valence-corrected chi connectivity index (χ3v) is 7.96. The fraction of sp³-hybridized carbons (Fsp3) is 0.333. The van der Waals surface area contributed by atoms with Crippen LogP contribution in [0.25, 0.3) is 11.0 Å². The van der Waals surface area contributed by atoms with E-state index in [9.17, 15) is 13.2 Å². The summed E-state index contributed by atoms with van der Waals surface area (Å²) in [6, 6.07) is 8.91. The maximum atomic E-state index is 11.9. The van der Waals surface area contributed by atoms with Gasteiger partial charge < -0.3 is 9.67 Å². The molecule has 1 aliphatic heterocycles. The van der Waals surface area contributed by atoms with Crippen LogP contribution >= 0.6 is 35.0 Å². The van der Waals surface area contributed by atoms with Crippen molar-refractivity contribution >= 4 is 61.8 Å². The fourth-order valence-electron chi connectivity index (χ4n) is 3.74. The van der Waals surface area contributed by atoms with Crippen LogP contribution in [0.5, 0.6) is 0 Å². The highest BCUT2D eigenvalue weighted by atomic mass is 35.5. The molecule has 1 unspecified atom stereocenters. The molecule has 4 rings (SSSR count). The number of hydrogen-bond donors (Lipinski definition) is 1. The van der Waals surface area contributed by atoms with Crippen LogP contribution in [0.4, 0.5) is 0 Å². The van der Waals surface area contributed by atoms with Gasteiger partial charge in [-0.25, -0.2) is 13.4 Å². The summed E-state index contributed by atoms with van der Waals surface area (Å²) in [4.78, 5) is 16.6. The van der Waals surface area contributed by atoms with Crippen LogP contribution in [0, 0.1) is 0 Å². The molecule has 0 spiro atoms. The third kappa shape index (κ3) is 5.37. The topological polar surface area (TPSA) is 89.3 Å². The van der Waals surface area contributed by atoms with Gasteiger partial charge >= 0.3 is 5.97 Å². The lowest BCUT2D eigenvalue weighted by Crippen LogP contribution is -2.17. The summed E-state index contributed by atoms with van der Waals surface area (Å²) in [5, 5.41) is 10.9. The van der Waals surface area contributed by atoms with Crippen LogP contribution in [0.3, 0.4) is 0 Å². The largest absolute Gasteiger partial charge is 0.481 e. The number of carboxylic acid groups (broad SMARTS) is 1. The number of hydrogen-bond acceptors (Lipinski definition) is 5. The lowest BCUT2D eigenvalue weighted by Gasteiger charge is -2.23. The van der Waals surface area contributed by atoms with Crippen molar-refractivity contribution in [3.63, 3.8) is 0 Å². The van der Waals surface area contributed by atoms with Gasteiger partial charge in [0.05, 0.1) is 21.4 Å². The standard InChI is InChI=1S/C14H16N2O4S.C7H6Cl2S/c1-21(19,20)12-4-5-15-14-10(12)8-11-9(7-13(17)18)3-2-6-16(11)14;1-10-6-4-2-3-5(8)7(6)9/h4-5,8-9H,2-3,6-7H2,1H3,(H,17,18);2-4H,1H3. The van der Waals surface area contributed by atoms with E-state index in [1.807, 2.05) is 23.0 Å². The molecule has 0 radical (unpaired) electrons. The van der Waals surface area contributed by atoms with E-state index in [-0.39, 0.29) is 17.2 Å². The van der Waals surface area contributed by atoms with Crippen molar-refractivity contribution in [2.75, 3.05) is 12.5 Å². The second-order valence-corrected chi connectivity index (χ2v) is 10.8. The minimum atomic E-state index is -3.34. The summed E-state index contributed by atoms with van der Waals surface area (Å²) in [5.41, 5.74) is 1.50. The number of rotatable bonds is 4. The molecule has 0 aliphatic carbocycles. The normalized spacial score (nSPS) is 15.8. The first-order valence-electron chi connectivity index (χ1n) is 9.51. The van der Waals surface area contributed by atoms with Crippen molar-refractivity contribution in [3.05, 3.63) is 52.3 Å². The van der Waals surface area contributed by atoms with Gasteiger partial charge in [-0.3, -0.25) is 4.79 Å². The van der Waals surface area contributed by atoms with Crippen molar-refractivity contribution in [3.8, 4) is 0 Å². The Morgan fingerprint density at radius 1 is 1.32 bits per heavy atom. The van der Waals surface area contributed by atoms with Gasteiger partial charge in [0.25, 0.3) is 0 Å². The van der Waals surface area contributed by atoms with Gasteiger partial charge in [0.15, 0.2) is 9.84 Å². The van der Waals surface area contributed by atoms with E-state index in [0.717, 1.165) is 30.0 Å². The molecule has 1 aliphatic rings. The number of sulfone groups is 1. The molecule has 10 heteroatoms. The number of aryl methyl sites for hydroxylation is 1. The van der Waals surface area contributed by atoms with Crippen LogP contribution in [-0.4, -0.2) is 41.6 Å². The monoisotopic (exact) mass is 500 g/mol. The van der Waals surface area contributed by atoms with Gasteiger partial charge in [-0.15, -0.1) is 11.8 Å². The lowest BCUT2D eigenvalue weighted by molar-refractivity contribution is -0.137. The lowest BCUT2D eigenvalue weighted by atomic mass is 9.93. The zero-order valence-electron chi connectivity index (χ0n) is 17.0. The second-order valence-electron chi connectivity index (χ2n) is 7.23. The van der Waals surface area contributed by atoms with Gasteiger partial charge in [0.2, 0.25) is 0 Å². The van der Waals surface area contributed by atoms with E-state index < -0.39 is 15.8 Å². The SMILES string of the molecule is CS(=O)(=O)c1ccnc2c1cc1n2CCCC1CC(=O)O.CSc1cccc(Cl)c1Cl. The minimum Gasteiger partial charge on any atom is -0.481 e. The Morgan fingerprint density at radius 3 is 2.68 bits per heavy atom. The van der Waals surface area contributed by atoms with Gasteiger partial charge in [-0.2, -0.15) is 0 Å². The first-order valence-corrected chi connectivity index (χ1v) is 13.4. The number of aliphatic carboxylic acids is 1. The Morgan fingerprint density at radius 2 is 2.06 bits per heavy atom. The van der Waals surface area contributed by atoms with Gasteiger partial charge in [-0.05, 0) is 43.4 Å². The Kier molecular flexibility index (Phi) is 7.57. The molecule has 31 heavy (non-hydrogen) atoms. The third-order valence-electron chi connectivity index (χ3n) is 5.10. The number of carboxylic acids is 1. The Hall–Kier alpha value is -1.74. The van der Waals surface area contributed by atoms with E-state index >= 15 is 0 Å². The molecule has 2 aromatic heterocycles. The van der Waals surface area contributed by atoms with Crippen molar-refractivity contribution in [2.45, 2.75) is 41.5 Å². The molecule has 166 valence electrons. The number of nitrogens with zero attached hydrogens (tertiary/aromatic N) is 2. The highest BCUT2D eigenvalue weighted by Gasteiger charge is 2.27. The molecule has 1 N–H and O–H groups in total. The molecule has 0 bridgehead atoms. The van der Waals surface area contributed by atoms with Crippen molar-refractivity contribution in [1.29, 1.82) is 0 Å². The molecule has 3 aromatic rings. The average Bonchev–Trinajstić information content (AvgIpc) is 3.09. The van der Waals surface area contributed by atoms with Crippen LogP contribution in [0.2, 0.25) is 10.0 Å². The quantitative estimate of drug-likeness (QED) is 0.475. The first-order chi connectivity index (χ1) is 14.6. The molecule has 3 heterocycles. The molecular weight excluding hydrogens is 479 g/mol. The van der Waals surface area contributed by atoms with E-state index in [1.165, 1.54) is 18.5 Å². The summed E-state index contributed by atoms with van der Waals surface area (Å²) in [7, 11) is -3.34. The highest BCUT2D eigenvalue weighted by molar-refractivity contribution is 7.98. The number of carbonyl (C=O) groups is 1. The number of halogens is 2. The number of thioether (sulfide) groups is 1. The van der Waals surface area contributed by atoms with Gasteiger partial charge in [0, 0.05) is 40.9 Å². The summed E-state index contributed by atoms with van der Waals surface area (Å²) < 4.78 is 25.7. The Bertz CT molecular complexity index is 1230. The van der Waals surface area contributed by atoms with Crippen LogP contribution in [0.1, 0.15) is 30.9 Å². The molecule has 0 amide bonds. The molecular formula is C21H22Cl2N2O4S2. The molecule has 0 saturated heterocycles. The zero-order valence-corrected chi connectivity index (χ0v) is 20.2. The molecule has 1 atom stereocenters. The predicted octanol–water partition coefficient (Wildman–Crippen LogP) is 5.51. The maximum Gasteiger partial charge on any atom is 0.304 e. The van der Waals surface area contributed by atoms with E-state index in [4.69, 9.17) is 28.3 Å². The van der Waals surface area contributed by atoms with Crippen LogP contribution in [0.15, 0.2) is 46.3 Å². The molecule has 0 saturated carbocycles. The fourth-order valence-corrected chi connectivity index (χ4v) is 5.69. The van der Waals surface area contributed by atoms with Gasteiger partial charge in [0.1, 0.15) is 5.65 Å². The highest BCUT2D eigenvalue weighted by Crippen LogP contribution is 2.36. The summed E-state index contributed by atoms with van der Waals surface area (Å²) in [6.07, 6.45) is 6.37. The number of aromatic nitrogens is 2. The molecule has 6 nitrogen and oxygen atoms in total. The summed E-state index contributed by atoms with van der Waals surface area (Å²) >= 11 is 13.2. The van der Waals surface area contributed by atoms with E-state index in [2.05, 4.69) is 4.98 Å². The predicted molar refractivity (Wildman–Crippen MR) is 125 cm³/mol.